The summed E-state index contributed by atoms with van der Waals surface area (Å²) in [5.74, 6) is -0.739. The molecule has 1 unspecified atom stereocenters. The lowest BCUT2D eigenvalue weighted by Crippen LogP contribution is -2.43. The second-order valence-corrected chi connectivity index (χ2v) is 12.1. The van der Waals surface area contributed by atoms with Crippen LogP contribution in [-0.4, -0.2) is 61.9 Å². The molecule has 13 heteroatoms. The first-order chi connectivity index (χ1) is 17.6. The van der Waals surface area contributed by atoms with Gasteiger partial charge in [0.2, 0.25) is 0 Å². The molecule has 0 aliphatic carbocycles. The average Bonchev–Trinajstić information content (AvgIpc) is 2.87. The second kappa shape index (κ2) is 12.2. The van der Waals surface area contributed by atoms with Crippen LogP contribution < -0.4 is 4.72 Å². The van der Waals surface area contributed by atoms with Gasteiger partial charge in [0, 0.05) is 55.3 Å². The Morgan fingerprint density at radius 1 is 1.00 bits per heavy atom. The Hall–Kier alpha value is -2.02. The van der Waals surface area contributed by atoms with Crippen LogP contribution in [0.25, 0.3) is 0 Å². The van der Waals surface area contributed by atoms with E-state index in [1.807, 2.05) is 0 Å². The number of halogens is 5. The molecule has 1 aromatic heterocycles. The Labute approximate surface area is 227 Å². The second-order valence-electron chi connectivity index (χ2n) is 8.34. The monoisotopic (exact) mass is 590 g/mol. The minimum Gasteiger partial charge on any atom is -0.314 e. The quantitative estimate of drug-likeness (QED) is 0.192. The summed E-state index contributed by atoms with van der Waals surface area (Å²) in [6.07, 6.45) is 1.27. The van der Waals surface area contributed by atoms with Gasteiger partial charge >= 0.3 is 0 Å². The molecule has 0 bridgehead atoms. The van der Waals surface area contributed by atoms with Gasteiger partial charge < -0.3 is 4.72 Å². The molecule has 0 radical (unpaired) electrons. The Morgan fingerprint density at radius 3 is 2.41 bits per heavy atom. The number of nitrogens with zero attached hydrogens (tertiary/aromatic N) is 3. The van der Waals surface area contributed by atoms with E-state index in [1.165, 1.54) is 48.5 Å². The smallest absolute Gasteiger partial charge is 0.189 e. The third-order valence-electron chi connectivity index (χ3n) is 5.86. The fraction of sp³-hybridized carbons (Fsp3) is 0.292. The zero-order valence-electron chi connectivity index (χ0n) is 19.4. The van der Waals surface area contributed by atoms with Gasteiger partial charge in [-0.2, -0.15) is 0 Å². The van der Waals surface area contributed by atoms with E-state index in [0.29, 0.717) is 49.3 Å². The maximum atomic E-state index is 14.9. The summed E-state index contributed by atoms with van der Waals surface area (Å²) in [5.41, 5.74) is -0.341. The minimum atomic E-state index is -4.30. The van der Waals surface area contributed by atoms with Crippen LogP contribution in [-0.2, 0) is 9.84 Å². The fourth-order valence-electron chi connectivity index (χ4n) is 3.94. The van der Waals surface area contributed by atoms with Gasteiger partial charge in [-0.1, -0.05) is 35.1 Å². The minimum absolute atomic E-state index is 0.0224. The van der Waals surface area contributed by atoms with Gasteiger partial charge in [0.1, 0.15) is 22.7 Å². The third kappa shape index (κ3) is 6.90. The summed E-state index contributed by atoms with van der Waals surface area (Å²) in [4.78, 5) is 6.20. The predicted octanol–water partition coefficient (Wildman–Crippen LogP) is 5.79. The number of rotatable bonds is 9. The highest BCUT2D eigenvalue weighted by molar-refractivity contribution is 8.00. The van der Waals surface area contributed by atoms with E-state index in [9.17, 15) is 21.7 Å². The molecule has 6 nitrogen and oxygen atoms in total. The number of hydrogen-bond acceptors (Lipinski definition) is 7. The highest BCUT2D eigenvalue weighted by atomic mass is 35.5. The summed E-state index contributed by atoms with van der Waals surface area (Å²) < 4.78 is 72.8. The summed E-state index contributed by atoms with van der Waals surface area (Å²) in [7, 11) is -4.30. The van der Waals surface area contributed by atoms with Crippen molar-refractivity contribution in [2.24, 2.45) is 0 Å². The largest absolute Gasteiger partial charge is 0.314 e. The number of benzene rings is 2. The Kier molecular flexibility index (Phi) is 9.25. The lowest BCUT2D eigenvalue weighted by Gasteiger charge is -2.29. The molecule has 0 saturated carbocycles. The van der Waals surface area contributed by atoms with Crippen molar-refractivity contribution in [3.05, 3.63) is 87.5 Å². The number of pyridine rings is 1. The van der Waals surface area contributed by atoms with E-state index in [2.05, 4.69) is 14.6 Å². The Bertz CT molecular complexity index is 1340. The third-order valence-corrected chi connectivity index (χ3v) is 9.23. The fourth-order valence-corrected chi connectivity index (χ4v) is 6.88. The van der Waals surface area contributed by atoms with Gasteiger partial charge in [0.15, 0.2) is 9.84 Å². The van der Waals surface area contributed by atoms with Crippen molar-refractivity contribution < 1.29 is 21.7 Å². The molecule has 4 rings (SSSR count). The molecule has 2 heterocycles. The number of aromatic nitrogens is 1. The van der Waals surface area contributed by atoms with Gasteiger partial charge in [-0.25, -0.2) is 22.2 Å². The molecule has 3 aromatic rings. The van der Waals surface area contributed by atoms with Crippen LogP contribution in [0.3, 0.4) is 0 Å². The topological polar surface area (TPSA) is 65.5 Å². The summed E-state index contributed by atoms with van der Waals surface area (Å²) in [6.45, 7) is 2.70. The first kappa shape index (κ1) is 28.0. The summed E-state index contributed by atoms with van der Waals surface area (Å²) in [6, 6.07) is 9.46. The highest BCUT2D eigenvalue weighted by Gasteiger charge is 2.35. The van der Waals surface area contributed by atoms with Crippen molar-refractivity contribution >= 4 is 50.8 Å². The van der Waals surface area contributed by atoms with Crippen LogP contribution in [0.5, 0.6) is 0 Å². The first-order valence-corrected chi connectivity index (χ1v) is 14.5. The van der Waals surface area contributed by atoms with Crippen LogP contribution in [0, 0.1) is 11.6 Å². The van der Waals surface area contributed by atoms with Crippen LogP contribution in [0.2, 0.25) is 10.0 Å². The maximum absolute atomic E-state index is 14.9. The normalized spacial score (nSPS) is 16.0. The standard InChI is InChI=1S/C24H23Cl2F3N4O2S2/c25-16-1-4-18(5-2-16)37(34,35)24(20-13-17(27)3-6-22(20)28)19-14-23(30-15-21(19)26)31-36-12-11-32-7-9-33(29)10-8-32/h1-6,13-15,24H,7-12H2,(H,30,31). The molecular formula is C24H23Cl2F3N4O2S2. The number of nitrogens with one attached hydrogen (secondary N) is 1. The number of hydrogen-bond donors (Lipinski definition) is 1. The van der Waals surface area contributed by atoms with Gasteiger partial charge in [0.25, 0.3) is 0 Å². The molecule has 1 fully saturated rings. The first-order valence-electron chi connectivity index (χ1n) is 11.3. The SMILES string of the molecule is O=S(=O)(c1ccc(Cl)cc1)C(c1cc(F)ccc1F)c1cc(NSCCN2CCN(F)CC2)ncc1Cl. The lowest BCUT2D eigenvalue weighted by molar-refractivity contribution is -0.0199. The Morgan fingerprint density at radius 2 is 1.70 bits per heavy atom. The molecule has 1 aliphatic rings. The molecule has 198 valence electrons. The van der Waals surface area contributed by atoms with Gasteiger partial charge in [-0.3, -0.25) is 4.90 Å². The summed E-state index contributed by atoms with van der Waals surface area (Å²) in [5, 5.41) is -0.561. The molecule has 0 spiro atoms. The molecule has 1 atom stereocenters. The number of piperazine rings is 1. The van der Waals surface area contributed by atoms with Crippen LogP contribution in [0.15, 0.2) is 59.6 Å². The van der Waals surface area contributed by atoms with E-state index >= 15 is 0 Å². The van der Waals surface area contributed by atoms with Crippen molar-refractivity contribution in [2.45, 2.75) is 10.1 Å². The van der Waals surface area contributed by atoms with Gasteiger partial charge in [0.05, 0.1) is 9.92 Å². The molecule has 2 aromatic carbocycles. The van der Waals surface area contributed by atoms with E-state index < -0.39 is 26.7 Å². The molecule has 37 heavy (non-hydrogen) atoms. The number of anilines is 1. The molecule has 1 N–H and O–H groups in total. The molecular weight excluding hydrogens is 568 g/mol. The van der Waals surface area contributed by atoms with Crippen molar-refractivity contribution in [2.75, 3.05) is 43.2 Å². The molecule has 0 amide bonds. The van der Waals surface area contributed by atoms with Crippen molar-refractivity contribution in [3.63, 3.8) is 0 Å². The molecule has 1 saturated heterocycles. The predicted molar refractivity (Wildman–Crippen MR) is 141 cm³/mol. The maximum Gasteiger partial charge on any atom is 0.189 e. The highest BCUT2D eigenvalue weighted by Crippen LogP contribution is 2.40. The summed E-state index contributed by atoms with van der Waals surface area (Å²) >= 11 is 13.6. The average molecular weight is 592 g/mol. The van der Waals surface area contributed by atoms with Crippen molar-refractivity contribution in [3.8, 4) is 0 Å². The Balaban J connectivity index is 1.62. The lowest BCUT2D eigenvalue weighted by atomic mass is 10.0. The van der Waals surface area contributed by atoms with Crippen LogP contribution in [0.1, 0.15) is 16.4 Å². The zero-order valence-corrected chi connectivity index (χ0v) is 22.5. The molecule has 1 aliphatic heterocycles. The van der Waals surface area contributed by atoms with Crippen molar-refractivity contribution in [1.29, 1.82) is 0 Å². The van der Waals surface area contributed by atoms with Gasteiger partial charge in [-0.05, 0) is 54.1 Å². The zero-order chi connectivity index (χ0) is 26.6. The van der Waals surface area contributed by atoms with Gasteiger partial charge in [-0.15, -0.1) is 9.60 Å². The van der Waals surface area contributed by atoms with Crippen LogP contribution in [0.4, 0.5) is 19.1 Å². The van der Waals surface area contributed by atoms with E-state index in [-0.39, 0.29) is 21.0 Å². The van der Waals surface area contributed by atoms with Crippen molar-refractivity contribution in [1.82, 2.24) is 15.0 Å². The number of sulfone groups is 1. The van der Waals surface area contributed by atoms with E-state index in [1.54, 1.807) is 0 Å². The van der Waals surface area contributed by atoms with Crippen LogP contribution >= 0.6 is 35.1 Å². The van der Waals surface area contributed by atoms with E-state index in [4.69, 9.17) is 23.2 Å². The van der Waals surface area contributed by atoms with E-state index in [0.717, 1.165) is 23.3 Å².